The van der Waals surface area contributed by atoms with E-state index in [1.54, 1.807) is 0 Å². The van der Waals surface area contributed by atoms with Gasteiger partial charge in [-0.1, -0.05) is 6.07 Å². The van der Waals surface area contributed by atoms with Crippen molar-refractivity contribution in [2.75, 3.05) is 39.9 Å². The van der Waals surface area contributed by atoms with Gasteiger partial charge in [-0.3, -0.25) is 4.99 Å². The van der Waals surface area contributed by atoms with E-state index in [0.717, 1.165) is 50.2 Å². The van der Waals surface area contributed by atoms with Crippen LogP contribution in [0.3, 0.4) is 0 Å². The molecule has 2 rings (SSSR count). The SMILES string of the molecule is CCNC(=NCCc1ccc(F)c(Br)c1)N(C)CCC1CCOCC1.I. The number of ether oxygens (including phenoxy) is 1. The molecule has 0 unspecified atom stereocenters. The molecule has 4 nitrogen and oxygen atoms in total. The first kappa shape index (κ1) is 23.6. The zero-order chi connectivity index (χ0) is 18.1. The van der Waals surface area contributed by atoms with Crippen LogP contribution in [0.2, 0.25) is 0 Å². The van der Waals surface area contributed by atoms with E-state index in [2.05, 4.69) is 40.1 Å². The normalized spacial score (nSPS) is 15.5. The number of rotatable bonds is 7. The molecule has 0 saturated carbocycles. The topological polar surface area (TPSA) is 36.9 Å². The van der Waals surface area contributed by atoms with E-state index in [4.69, 9.17) is 9.73 Å². The van der Waals surface area contributed by atoms with E-state index in [1.165, 1.54) is 25.3 Å². The van der Waals surface area contributed by atoms with Crippen LogP contribution in [0.15, 0.2) is 27.7 Å². The van der Waals surface area contributed by atoms with Crippen LogP contribution in [0, 0.1) is 11.7 Å². The smallest absolute Gasteiger partial charge is 0.193 e. The van der Waals surface area contributed by atoms with Crippen LogP contribution < -0.4 is 5.32 Å². The summed E-state index contributed by atoms with van der Waals surface area (Å²) in [5, 5.41) is 3.36. The Balaban J connectivity index is 0.00000338. The molecule has 0 radical (unpaired) electrons. The molecule has 1 heterocycles. The van der Waals surface area contributed by atoms with Crippen molar-refractivity contribution in [1.82, 2.24) is 10.2 Å². The molecule has 1 aromatic carbocycles. The Bertz CT molecular complexity index is 568. The Hall–Kier alpha value is -0.410. The monoisotopic (exact) mass is 541 g/mol. The average molecular weight is 542 g/mol. The lowest BCUT2D eigenvalue weighted by Gasteiger charge is -2.26. The molecule has 1 N–H and O–H groups in total. The van der Waals surface area contributed by atoms with Crippen molar-refractivity contribution in [3.8, 4) is 0 Å². The second-order valence-corrected chi connectivity index (χ2v) is 7.35. The maximum absolute atomic E-state index is 13.3. The Morgan fingerprint density at radius 1 is 1.38 bits per heavy atom. The van der Waals surface area contributed by atoms with Crippen molar-refractivity contribution < 1.29 is 9.13 Å². The molecule has 26 heavy (non-hydrogen) atoms. The molecule has 0 aromatic heterocycles. The Kier molecular flexibility index (Phi) is 11.7. The number of aliphatic imine (C=N–C) groups is 1. The highest BCUT2D eigenvalue weighted by molar-refractivity contribution is 14.0. The quantitative estimate of drug-likeness (QED) is 0.314. The van der Waals surface area contributed by atoms with Crippen LogP contribution in [0.1, 0.15) is 31.7 Å². The molecule has 1 fully saturated rings. The van der Waals surface area contributed by atoms with Crippen molar-refractivity contribution in [2.24, 2.45) is 10.9 Å². The third kappa shape index (κ3) is 8.08. The van der Waals surface area contributed by atoms with Crippen molar-refractivity contribution in [3.05, 3.63) is 34.1 Å². The van der Waals surface area contributed by atoms with Crippen molar-refractivity contribution in [3.63, 3.8) is 0 Å². The Labute approximate surface area is 182 Å². The highest BCUT2D eigenvalue weighted by atomic mass is 127. The minimum Gasteiger partial charge on any atom is -0.381 e. The predicted octanol–water partition coefficient (Wildman–Crippen LogP) is 4.46. The summed E-state index contributed by atoms with van der Waals surface area (Å²) in [7, 11) is 2.09. The molecule has 0 spiro atoms. The molecule has 1 saturated heterocycles. The van der Waals surface area contributed by atoms with Gasteiger partial charge in [-0.05, 0) is 72.2 Å². The maximum atomic E-state index is 13.3. The van der Waals surface area contributed by atoms with Crippen molar-refractivity contribution in [1.29, 1.82) is 0 Å². The molecule has 1 aliphatic rings. The lowest BCUT2D eigenvalue weighted by molar-refractivity contribution is 0.0625. The number of hydrogen-bond acceptors (Lipinski definition) is 2. The second-order valence-electron chi connectivity index (χ2n) is 6.50. The van der Waals surface area contributed by atoms with Crippen LogP contribution in [-0.2, 0) is 11.2 Å². The second kappa shape index (κ2) is 12.9. The minimum atomic E-state index is -0.228. The molecule has 148 valence electrons. The summed E-state index contributed by atoms with van der Waals surface area (Å²) in [6.45, 7) is 6.41. The van der Waals surface area contributed by atoms with Gasteiger partial charge in [0.2, 0.25) is 0 Å². The third-order valence-corrected chi connectivity index (χ3v) is 5.16. The summed E-state index contributed by atoms with van der Waals surface area (Å²) in [6.07, 6.45) is 4.30. The lowest BCUT2D eigenvalue weighted by atomic mass is 9.96. The van der Waals surface area contributed by atoms with E-state index < -0.39 is 0 Å². The highest BCUT2D eigenvalue weighted by Gasteiger charge is 2.15. The van der Waals surface area contributed by atoms with Gasteiger partial charge in [0.25, 0.3) is 0 Å². The highest BCUT2D eigenvalue weighted by Crippen LogP contribution is 2.19. The molecule has 0 bridgehead atoms. The fourth-order valence-electron chi connectivity index (χ4n) is 2.97. The first-order valence-electron chi connectivity index (χ1n) is 9.11. The van der Waals surface area contributed by atoms with E-state index >= 15 is 0 Å². The number of guanidine groups is 1. The van der Waals surface area contributed by atoms with Gasteiger partial charge in [0, 0.05) is 39.9 Å². The summed E-state index contributed by atoms with van der Waals surface area (Å²) >= 11 is 3.23. The van der Waals surface area contributed by atoms with Gasteiger partial charge in [-0.25, -0.2) is 4.39 Å². The van der Waals surface area contributed by atoms with Gasteiger partial charge in [0.15, 0.2) is 5.96 Å². The third-order valence-electron chi connectivity index (χ3n) is 4.56. The molecule has 0 aliphatic carbocycles. The Morgan fingerprint density at radius 2 is 2.12 bits per heavy atom. The number of hydrogen-bond donors (Lipinski definition) is 1. The lowest BCUT2D eigenvalue weighted by Crippen LogP contribution is -2.40. The van der Waals surface area contributed by atoms with Gasteiger partial charge in [-0.15, -0.1) is 24.0 Å². The van der Waals surface area contributed by atoms with Crippen molar-refractivity contribution >= 4 is 45.9 Å². The number of benzene rings is 1. The number of nitrogens with one attached hydrogen (secondary N) is 1. The first-order chi connectivity index (χ1) is 12.1. The maximum Gasteiger partial charge on any atom is 0.193 e. The van der Waals surface area contributed by atoms with E-state index in [9.17, 15) is 4.39 Å². The zero-order valence-corrected chi connectivity index (χ0v) is 19.6. The standard InChI is InChI=1S/C19H29BrFN3O.HI/c1-3-22-19(24(2)11-7-15-8-12-25-13-9-15)23-10-6-16-4-5-18(21)17(20)14-16;/h4-5,14-15H,3,6-13H2,1-2H3,(H,22,23);1H. The summed E-state index contributed by atoms with van der Waals surface area (Å²) in [6, 6.07) is 5.14. The molecule has 7 heteroatoms. The van der Waals surface area contributed by atoms with E-state index in [1.807, 2.05) is 12.1 Å². The fraction of sp³-hybridized carbons (Fsp3) is 0.632. The molecule has 1 aliphatic heterocycles. The summed E-state index contributed by atoms with van der Waals surface area (Å²) in [5.74, 6) is 1.47. The van der Waals surface area contributed by atoms with Gasteiger partial charge < -0.3 is 15.0 Å². The summed E-state index contributed by atoms with van der Waals surface area (Å²) in [4.78, 5) is 6.93. The van der Waals surface area contributed by atoms with E-state index in [-0.39, 0.29) is 29.8 Å². The first-order valence-corrected chi connectivity index (χ1v) is 9.90. The number of halogens is 3. The largest absolute Gasteiger partial charge is 0.381 e. The average Bonchev–Trinajstić information content (AvgIpc) is 2.63. The molecule has 0 amide bonds. The van der Waals surface area contributed by atoms with Crippen LogP contribution in [0.5, 0.6) is 0 Å². The van der Waals surface area contributed by atoms with Gasteiger partial charge in [-0.2, -0.15) is 0 Å². The van der Waals surface area contributed by atoms with E-state index in [0.29, 0.717) is 11.0 Å². The van der Waals surface area contributed by atoms with Crippen molar-refractivity contribution in [2.45, 2.75) is 32.6 Å². The van der Waals surface area contributed by atoms with Crippen LogP contribution in [-0.4, -0.2) is 50.8 Å². The predicted molar refractivity (Wildman–Crippen MR) is 120 cm³/mol. The molecule has 1 aromatic rings. The molecule has 0 atom stereocenters. The summed E-state index contributed by atoms with van der Waals surface area (Å²) in [5.41, 5.74) is 1.08. The number of nitrogens with zero attached hydrogens (tertiary/aromatic N) is 2. The Morgan fingerprint density at radius 3 is 2.77 bits per heavy atom. The fourth-order valence-corrected chi connectivity index (χ4v) is 3.40. The van der Waals surface area contributed by atoms with Gasteiger partial charge in [0.1, 0.15) is 5.82 Å². The summed E-state index contributed by atoms with van der Waals surface area (Å²) < 4.78 is 19.2. The zero-order valence-electron chi connectivity index (χ0n) is 15.6. The van der Waals surface area contributed by atoms with Crippen LogP contribution >= 0.6 is 39.9 Å². The van der Waals surface area contributed by atoms with Crippen LogP contribution in [0.4, 0.5) is 4.39 Å². The molecular weight excluding hydrogens is 512 g/mol. The minimum absolute atomic E-state index is 0. The van der Waals surface area contributed by atoms with Gasteiger partial charge in [0.05, 0.1) is 4.47 Å². The van der Waals surface area contributed by atoms with Crippen LogP contribution in [0.25, 0.3) is 0 Å². The van der Waals surface area contributed by atoms with Gasteiger partial charge >= 0.3 is 0 Å². The molecular formula is C19H30BrFIN3O.